The van der Waals surface area contributed by atoms with E-state index in [-0.39, 0.29) is 5.56 Å². The zero-order chi connectivity index (χ0) is 19.0. The van der Waals surface area contributed by atoms with E-state index in [9.17, 15) is 8.78 Å². The molecule has 9 heteroatoms. The van der Waals surface area contributed by atoms with Crippen molar-refractivity contribution in [2.45, 2.75) is 19.4 Å². The molecule has 4 aromatic rings. The minimum absolute atomic E-state index is 0.213. The molecule has 0 unspecified atom stereocenters. The Kier molecular flexibility index (Phi) is 4.06. The number of benzene rings is 2. The molecule has 0 fully saturated rings. The van der Waals surface area contributed by atoms with Crippen LogP contribution in [0.2, 0.25) is 0 Å². The van der Waals surface area contributed by atoms with Gasteiger partial charge < -0.3 is 4.74 Å². The van der Waals surface area contributed by atoms with Gasteiger partial charge in [-0.25, -0.2) is 5.10 Å². The maximum Gasteiger partial charge on any atom is 0.333 e. The van der Waals surface area contributed by atoms with Crippen molar-refractivity contribution in [3.63, 3.8) is 0 Å². The Bertz CT molecular complexity index is 1090. The van der Waals surface area contributed by atoms with Gasteiger partial charge in [-0.2, -0.15) is 13.9 Å². The molecule has 0 spiro atoms. The number of aromatic amines is 1. The van der Waals surface area contributed by atoms with Crippen molar-refractivity contribution in [2.75, 3.05) is 7.11 Å². The smallest absolute Gasteiger partial charge is 0.333 e. The van der Waals surface area contributed by atoms with E-state index in [2.05, 4.69) is 25.7 Å². The summed E-state index contributed by atoms with van der Waals surface area (Å²) in [7, 11) is 1.59. The Labute approximate surface area is 153 Å². The molecule has 2 aromatic carbocycles. The van der Waals surface area contributed by atoms with Crippen LogP contribution in [0.25, 0.3) is 10.9 Å². The summed E-state index contributed by atoms with van der Waals surface area (Å²) in [4.78, 5) is 0. The van der Waals surface area contributed by atoms with Crippen molar-refractivity contribution in [3.8, 4) is 5.75 Å². The van der Waals surface area contributed by atoms with Gasteiger partial charge >= 0.3 is 5.92 Å². The molecule has 0 saturated carbocycles. The number of hydrogen-bond donors (Lipinski definition) is 1. The summed E-state index contributed by atoms with van der Waals surface area (Å²) in [6.45, 7) is 2.24. The molecule has 1 N–H and O–H groups in total. The zero-order valence-corrected chi connectivity index (χ0v) is 14.6. The fourth-order valence-corrected chi connectivity index (χ4v) is 3.08. The number of para-hydroxylation sites is 1. The normalized spacial score (nSPS) is 11.9. The minimum Gasteiger partial charge on any atom is -0.496 e. The van der Waals surface area contributed by atoms with E-state index in [1.807, 2.05) is 31.2 Å². The predicted octanol–water partition coefficient (Wildman–Crippen LogP) is 3.05. The summed E-state index contributed by atoms with van der Waals surface area (Å²) in [5.74, 6) is -3.23. The molecule has 0 amide bonds. The molecule has 0 saturated heterocycles. The molecule has 2 heterocycles. The molecule has 0 radical (unpaired) electrons. The Morgan fingerprint density at radius 3 is 2.74 bits per heavy atom. The molecule has 2 aromatic heterocycles. The first-order chi connectivity index (χ1) is 13.0. The van der Waals surface area contributed by atoms with Gasteiger partial charge in [-0.1, -0.05) is 30.3 Å². The summed E-state index contributed by atoms with van der Waals surface area (Å²) in [5.41, 5.74) is 2.05. The van der Waals surface area contributed by atoms with Crippen LogP contribution in [-0.4, -0.2) is 37.5 Å². The second-order valence-corrected chi connectivity index (χ2v) is 6.11. The number of alkyl halides is 2. The van der Waals surface area contributed by atoms with Gasteiger partial charge in [0.15, 0.2) is 0 Å². The van der Waals surface area contributed by atoms with Gasteiger partial charge in [-0.3, -0.25) is 4.68 Å². The molecular weight excluding hydrogens is 354 g/mol. The van der Waals surface area contributed by atoms with Crippen molar-refractivity contribution in [1.82, 2.24) is 30.4 Å². The molecular formula is C18H16F2N6O. The molecule has 0 aliphatic heterocycles. The van der Waals surface area contributed by atoms with Crippen LogP contribution < -0.4 is 4.74 Å². The summed E-state index contributed by atoms with van der Waals surface area (Å²) in [6.07, 6.45) is 0. The number of ether oxygens (including phenoxy) is 1. The highest BCUT2D eigenvalue weighted by atomic mass is 19.3. The number of halogens is 2. The number of aromatic nitrogens is 6. The predicted molar refractivity (Wildman–Crippen MR) is 93.7 cm³/mol. The van der Waals surface area contributed by atoms with E-state index in [1.54, 1.807) is 17.9 Å². The molecule has 0 atom stereocenters. The first-order valence-corrected chi connectivity index (χ1v) is 8.22. The second-order valence-electron chi connectivity index (χ2n) is 6.11. The van der Waals surface area contributed by atoms with E-state index in [4.69, 9.17) is 4.74 Å². The number of H-pyrrole nitrogens is 1. The van der Waals surface area contributed by atoms with E-state index >= 15 is 0 Å². The van der Waals surface area contributed by atoms with Gasteiger partial charge in [0.25, 0.3) is 0 Å². The SMILES string of the molecule is COc1ccccc1Cn1nc(C)c2ccc(C(F)(F)c3nnn[nH]3)cc21. The van der Waals surface area contributed by atoms with Crippen LogP contribution in [-0.2, 0) is 12.5 Å². The van der Waals surface area contributed by atoms with E-state index in [0.717, 1.165) is 16.6 Å². The van der Waals surface area contributed by atoms with Crippen molar-refractivity contribution in [2.24, 2.45) is 0 Å². The fraction of sp³-hybridized carbons (Fsp3) is 0.222. The Morgan fingerprint density at radius 2 is 2.00 bits per heavy atom. The van der Waals surface area contributed by atoms with Crippen LogP contribution in [0.4, 0.5) is 8.78 Å². The van der Waals surface area contributed by atoms with Gasteiger partial charge in [-0.05, 0) is 29.5 Å². The number of nitrogens with zero attached hydrogens (tertiary/aromatic N) is 5. The molecule has 27 heavy (non-hydrogen) atoms. The summed E-state index contributed by atoms with van der Waals surface area (Å²) < 4.78 is 36.5. The third kappa shape index (κ3) is 2.90. The highest BCUT2D eigenvalue weighted by molar-refractivity contribution is 5.83. The number of hydrogen-bond acceptors (Lipinski definition) is 5. The second kappa shape index (κ2) is 6.42. The number of nitrogens with one attached hydrogen (secondary N) is 1. The maximum atomic E-state index is 14.7. The highest BCUT2D eigenvalue weighted by Gasteiger charge is 2.38. The first-order valence-electron chi connectivity index (χ1n) is 8.22. The molecule has 0 aliphatic rings. The van der Waals surface area contributed by atoms with E-state index in [0.29, 0.717) is 17.8 Å². The van der Waals surface area contributed by atoms with Crippen molar-refractivity contribution >= 4 is 10.9 Å². The number of fused-ring (bicyclic) bond motifs is 1. The summed E-state index contributed by atoms with van der Waals surface area (Å²) >= 11 is 0. The molecule has 0 aliphatic carbocycles. The van der Waals surface area contributed by atoms with E-state index < -0.39 is 11.7 Å². The standard InChI is InChI=1S/C18H16F2N6O/c1-11-14-8-7-13(18(19,20)17-21-24-25-22-17)9-15(14)26(23-11)10-12-5-3-4-6-16(12)27-2/h3-9H,10H2,1-2H3,(H,21,22,24,25). The van der Waals surface area contributed by atoms with Gasteiger partial charge in [0.05, 0.1) is 24.9 Å². The van der Waals surface area contributed by atoms with Crippen molar-refractivity contribution in [1.29, 1.82) is 0 Å². The Balaban J connectivity index is 1.80. The summed E-state index contributed by atoms with van der Waals surface area (Å²) in [6, 6.07) is 12.0. The van der Waals surface area contributed by atoms with Gasteiger partial charge in [0.1, 0.15) is 5.75 Å². The minimum atomic E-state index is -3.34. The van der Waals surface area contributed by atoms with Crippen molar-refractivity contribution in [3.05, 3.63) is 65.1 Å². The van der Waals surface area contributed by atoms with Crippen LogP contribution in [0, 0.1) is 6.92 Å². The molecule has 7 nitrogen and oxygen atoms in total. The average molecular weight is 370 g/mol. The number of aryl methyl sites for hydroxylation is 1. The third-order valence-corrected chi connectivity index (χ3v) is 4.45. The van der Waals surface area contributed by atoms with Gasteiger partial charge in [0.2, 0.25) is 5.82 Å². The molecule has 4 rings (SSSR count). The summed E-state index contributed by atoms with van der Waals surface area (Å²) in [5, 5.41) is 17.3. The largest absolute Gasteiger partial charge is 0.496 e. The highest BCUT2D eigenvalue weighted by Crippen LogP contribution is 2.35. The quantitative estimate of drug-likeness (QED) is 0.584. The van der Waals surface area contributed by atoms with Gasteiger partial charge in [-0.15, -0.1) is 5.10 Å². The van der Waals surface area contributed by atoms with Crippen LogP contribution in [0.1, 0.15) is 22.6 Å². The Hall–Kier alpha value is -3.36. The fourth-order valence-electron chi connectivity index (χ4n) is 3.08. The van der Waals surface area contributed by atoms with E-state index in [1.165, 1.54) is 12.1 Å². The lowest BCUT2D eigenvalue weighted by Gasteiger charge is -2.14. The lowest BCUT2D eigenvalue weighted by molar-refractivity contribution is 0.0330. The zero-order valence-electron chi connectivity index (χ0n) is 14.6. The average Bonchev–Trinajstić information content (AvgIpc) is 3.32. The monoisotopic (exact) mass is 370 g/mol. The topological polar surface area (TPSA) is 81.5 Å². The number of rotatable bonds is 5. The lowest BCUT2D eigenvalue weighted by atomic mass is 10.1. The van der Waals surface area contributed by atoms with Gasteiger partial charge in [0, 0.05) is 16.5 Å². The number of tetrazole rings is 1. The molecule has 0 bridgehead atoms. The Morgan fingerprint density at radius 1 is 1.19 bits per heavy atom. The van der Waals surface area contributed by atoms with Crippen LogP contribution in [0.15, 0.2) is 42.5 Å². The van der Waals surface area contributed by atoms with Crippen LogP contribution in [0.3, 0.4) is 0 Å². The number of methoxy groups -OCH3 is 1. The maximum absolute atomic E-state index is 14.7. The third-order valence-electron chi connectivity index (χ3n) is 4.45. The van der Waals surface area contributed by atoms with Crippen molar-refractivity contribution < 1.29 is 13.5 Å². The first kappa shape index (κ1) is 17.1. The lowest BCUT2D eigenvalue weighted by Crippen LogP contribution is -2.17. The van der Waals surface area contributed by atoms with Crippen LogP contribution in [0.5, 0.6) is 5.75 Å². The van der Waals surface area contributed by atoms with Crippen LogP contribution >= 0.6 is 0 Å². The molecule has 138 valence electrons.